The van der Waals surface area contributed by atoms with Gasteiger partial charge in [-0.1, -0.05) is 35.2 Å². The van der Waals surface area contributed by atoms with Crippen molar-refractivity contribution in [3.63, 3.8) is 0 Å². The Morgan fingerprint density at radius 3 is 2.52 bits per heavy atom. The molecule has 0 unspecified atom stereocenters. The molecule has 1 aliphatic carbocycles. The lowest BCUT2D eigenvalue weighted by molar-refractivity contribution is -0.138. The number of halogens is 1. The van der Waals surface area contributed by atoms with E-state index < -0.39 is 17.4 Å². The molecule has 114 valence electrons. The molecule has 4 N–H and O–H groups in total. The highest BCUT2D eigenvalue weighted by Gasteiger charge is 2.35. The summed E-state index contributed by atoms with van der Waals surface area (Å²) in [4.78, 5) is 22.8. The number of aliphatic carboxylic acids is 1. The van der Waals surface area contributed by atoms with Crippen LogP contribution in [0.15, 0.2) is 22.7 Å². The first kappa shape index (κ1) is 15.8. The molecule has 0 atom stereocenters. The third kappa shape index (κ3) is 3.97. The normalized spacial score (nSPS) is 17.2. The number of nitrogens with one attached hydrogen (secondary N) is 1. The second-order valence-corrected chi connectivity index (χ2v) is 6.51. The van der Waals surface area contributed by atoms with Crippen molar-refractivity contribution in [3.05, 3.63) is 28.2 Å². The number of carbonyl (C=O) groups is 2. The Labute approximate surface area is 132 Å². The van der Waals surface area contributed by atoms with Crippen LogP contribution in [0.25, 0.3) is 0 Å². The second-order valence-electron chi connectivity index (χ2n) is 5.59. The number of carboxylic acid groups (broad SMARTS) is 1. The van der Waals surface area contributed by atoms with Crippen molar-refractivity contribution in [2.45, 2.75) is 44.1 Å². The van der Waals surface area contributed by atoms with E-state index in [2.05, 4.69) is 21.2 Å². The average Bonchev–Trinajstić information content (AvgIpc) is 2.40. The molecule has 5 nitrogen and oxygen atoms in total. The van der Waals surface area contributed by atoms with Gasteiger partial charge in [0.25, 0.3) is 5.91 Å². The van der Waals surface area contributed by atoms with Gasteiger partial charge in [0.05, 0.1) is 12.0 Å². The molecule has 1 saturated carbocycles. The first-order valence-corrected chi connectivity index (χ1v) is 7.80. The molecule has 0 bridgehead atoms. The molecule has 0 spiro atoms. The molecule has 1 aromatic carbocycles. The molecule has 0 aliphatic heterocycles. The number of carboxylic acids is 1. The number of anilines is 1. The van der Waals surface area contributed by atoms with Crippen molar-refractivity contribution in [2.75, 3.05) is 5.32 Å². The number of rotatable bonds is 5. The molecule has 0 saturated heterocycles. The van der Waals surface area contributed by atoms with E-state index in [-0.39, 0.29) is 6.42 Å². The third-order valence-corrected chi connectivity index (χ3v) is 4.44. The van der Waals surface area contributed by atoms with Crippen molar-refractivity contribution < 1.29 is 14.7 Å². The first-order valence-electron chi connectivity index (χ1n) is 7.01. The SMILES string of the molecule is NC(=O)c1cc(Br)ccc1NC1(CC(=O)O)CCCCC1. The van der Waals surface area contributed by atoms with Crippen LogP contribution in [0.3, 0.4) is 0 Å². The summed E-state index contributed by atoms with van der Waals surface area (Å²) in [7, 11) is 0. The molecule has 0 aromatic heterocycles. The fourth-order valence-corrected chi connectivity index (χ4v) is 3.34. The maximum absolute atomic E-state index is 11.6. The fourth-order valence-electron chi connectivity index (χ4n) is 2.98. The van der Waals surface area contributed by atoms with Gasteiger partial charge in [0, 0.05) is 15.7 Å². The minimum absolute atomic E-state index is 0.0429. The zero-order valence-corrected chi connectivity index (χ0v) is 13.3. The van der Waals surface area contributed by atoms with Gasteiger partial charge in [0.2, 0.25) is 0 Å². The van der Waals surface area contributed by atoms with Gasteiger partial charge >= 0.3 is 5.97 Å². The summed E-state index contributed by atoms with van der Waals surface area (Å²) < 4.78 is 0.762. The highest BCUT2D eigenvalue weighted by Crippen LogP contribution is 2.35. The van der Waals surface area contributed by atoms with E-state index >= 15 is 0 Å². The lowest BCUT2D eigenvalue weighted by atomic mass is 9.79. The lowest BCUT2D eigenvalue weighted by Crippen LogP contribution is -2.42. The van der Waals surface area contributed by atoms with Crippen molar-refractivity contribution >= 4 is 33.5 Å². The van der Waals surface area contributed by atoms with E-state index in [1.807, 2.05) is 6.07 Å². The number of nitrogens with two attached hydrogens (primary N) is 1. The molecule has 0 radical (unpaired) electrons. The Morgan fingerprint density at radius 2 is 1.95 bits per heavy atom. The zero-order valence-electron chi connectivity index (χ0n) is 11.7. The van der Waals surface area contributed by atoms with Gasteiger partial charge < -0.3 is 16.2 Å². The van der Waals surface area contributed by atoms with E-state index in [4.69, 9.17) is 5.73 Å². The Kier molecular flexibility index (Phi) is 4.88. The van der Waals surface area contributed by atoms with Gasteiger partial charge in [0.15, 0.2) is 0 Å². The van der Waals surface area contributed by atoms with Gasteiger partial charge in [-0.2, -0.15) is 0 Å². The minimum atomic E-state index is -0.831. The van der Waals surface area contributed by atoms with Crippen LogP contribution in [0.5, 0.6) is 0 Å². The number of hydrogen-bond acceptors (Lipinski definition) is 3. The van der Waals surface area contributed by atoms with Crippen LogP contribution in [-0.2, 0) is 4.79 Å². The predicted octanol–water partition coefficient (Wildman–Crippen LogP) is 3.14. The van der Waals surface area contributed by atoms with Crippen LogP contribution in [0.2, 0.25) is 0 Å². The summed E-state index contributed by atoms with van der Waals surface area (Å²) in [6, 6.07) is 5.23. The Bertz CT molecular complexity index is 554. The lowest BCUT2D eigenvalue weighted by Gasteiger charge is -2.38. The number of amides is 1. The predicted molar refractivity (Wildman–Crippen MR) is 84.4 cm³/mol. The molecule has 1 aliphatic rings. The topological polar surface area (TPSA) is 92.4 Å². The van der Waals surface area contributed by atoms with Gasteiger partial charge in [-0.15, -0.1) is 0 Å². The summed E-state index contributed by atoms with van der Waals surface area (Å²) >= 11 is 3.31. The number of benzene rings is 1. The molecule has 1 aromatic rings. The molecular weight excluding hydrogens is 336 g/mol. The monoisotopic (exact) mass is 354 g/mol. The van der Waals surface area contributed by atoms with Gasteiger partial charge in [-0.05, 0) is 31.0 Å². The van der Waals surface area contributed by atoms with Crippen LogP contribution in [0.1, 0.15) is 48.9 Å². The second kappa shape index (κ2) is 6.47. The van der Waals surface area contributed by atoms with Gasteiger partial charge in [0.1, 0.15) is 0 Å². The molecular formula is C15H19BrN2O3. The van der Waals surface area contributed by atoms with Crippen molar-refractivity contribution in [3.8, 4) is 0 Å². The van der Waals surface area contributed by atoms with Gasteiger partial charge in [-0.25, -0.2) is 0 Å². The van der Waals surface area contributed by atoms with Crippen LogP contribution >= 0.6 is 15.9 Å². The maximum atomic E-state index is 11.6. The minimum Gasteiger partial charge on any atom is -0.481 e. The van der Waals surface area contributed by atoms with E-state index in [9.17, 15) is 14.7 Å². The number of primary amides is 1. The van der Waals surface area contributed by atoms with Crippen LogP contribution in [0.4, 0.5) is 5.69 Å². The summed E-state index contributed by atoms with van der Waals surface area (Å²) in [5.41, 5.74) is 5.90. The van der Waals surface area contributed by atoms with E-state index in [0.717, 1.165) is 36.6 Å². The summed E-state index contributed by atoms with van der Waals surface area (Å²) in [6.07, 6.45) is 4.71. The first-order chi connectivity index (χ1) is 9.92. The van der Waals surface area contributed by atoms with Crippen molar-refractivity contribution in [1.29, 1.82) is 0 Å². The summed E-state index contributed by atoms with van der Waals surface area (Å²) in [5.74, 6) is -1.36. The fraction of sp³-hybridized carbons (Fsp3) is 0.467. The number of hydrogen-bond donors (Lipinski definition) is 3. The number of carbonyl (C=O) groups excluding carboxylic acids is 1. The quantitative estimate of drug-likeness (QED) is 0.757. The maximum Gasteiger partial charge on any atom is 0.305 e. The summed E-state index contributed by atoms with van der Waals surface area (Å²) in [6.45, 7) is 0. The van der Waals surface area contributed by atoms with E-state index in [1.54, 1.807) is 12.1 Å². The van der Waals surface area contributed by atoms with Crippen LogP contribution in [-0.4, -0.2) is 22.5 Å². The molecule has 0 heterocycles. The smallest absolute Gasteiger partial charge is 0.305 e. The zero-order chi connectivity index (χ0) is 15.5. The Hall–Kier alpha value is -1.56. The summed E-state index contributed by atoms with van der Waals surface area (Å²) in [5, 5.41) is 12.5. The van der Waals surface area contributed by atoms with Gasteiger partial charge in [-0.3, -0.25) is 9.59 Å². The highest BCUT2D eigenvalue weighted by molar-refractivity contribution is 9.10. The third-order valence-electron chi connectivity index (χ3n) is 3.95. The molecule has 21 heavy (non-hydrogen) atoms. The molecule has 2 rings (SSSR count). The largest absolute Gasteiger partial charge is 0.481 e. The Balaban J connectivity index is 2.32. The van der Waals surface area contributed by atoms with Crippen LogP contribution in [0, 0.1) is 0 Å². The Morgan fingerprint density at radius 1 is 1.29 bits per heavy atom. The van der Waals surface area contributed by atoms with E-state index in [0.29, 0.717) is 11.3 Å². The molecule has 6 heteroatoms. The highest BCUT2D eigenvalue weighted by atomic mass is 79.9. The average molecular weight is 355 g/mol. The standard InChI is InChI=1S/C15H19BrN2O3/c16-10-4-5-12(11(8-10)14(17)21)18-15(9-13(19)20)6-2-1-3-7-15/h4-5,8,18H,1-3,6-7,9H2,(H2,17,21)(H,19,20). The molecule has 1 amide bonds. The van der Waals surface area contributed by atoms with E-state index in [1.165, 1.54) is 0 Å². The van der Waals surface area contributed by atoms with Crippen molar-refractivity contribution in [1.82, 2.24) is 0 Å². The van der Waals surface area contributed by atoms with Crippen LogP contribution < -0.4 is 11.1 Å². The van der Waals surface area contributed by atoms with Crippen molar-refractivity contribution in [2.24, 2.45) is 5.73 Å². The molecule has 1 fully saturated rings.